The molecule has 0 spiro atoms. The second-order valence-electron chi connectivity index (χ2n) is 6.41. The van der Waals surface area contributed by atoms with E-state index < -0.39 is 24.5 Å². The van der Waals surface area contributed by atoms with Crippen molar-refractivity contribution < 1.29 is 14.9 Å². The number of imidazole rings is 1. The number of aromatic nitrogens is 4. The van der Waals surface area contributed by atoms with E-state index in [1.807, 2.05) is 11.9 Å². The van der Waals surface area contributed by atoms with Crippen LogP contribution in [0.5, 0.6) is 0 Å². The van der Waals surface area contributed by atoms with E-state index in [1.165, 1.54) is 6.33 Å². The van der Waals surface area contributed by atoms with Gasteiger partial charge < -0.3 is 31.3 Å². The fourth-order valence-corrected chi connectivity index (χ4v) is 3.19. The van der Waals surface area contributed by atoms with E-state index in [4.69, 9.17) is 16.2 Å². The SMILES string of the molecule is Cc1nc2c(N)ncnc2n1[C@@H]1O[C@H](CN(C)CCCN)C(O)C1O. The number of likely N-dealkylation sites (N-methyl/N-ethyl adjacent to an activating group) is 1. The highest BCUT2D eigenvalue weighted by atomic mass is 16.6. The lowest BCUT2D eigenvalue weighted by Crippen LogP contribution is -2.39. The molecule has 10 heteroatoms. The molecule has 0 saturated carbocycles. The average molecular weight is 351 g/mol. The van der Waals surface area contributed by atoms with Crippen LogP contribution in [0.1, 0.15) is 18.5 Å². The molecule has 2 aromatic rings. The molecular formula is C15H25N7O3. The molecule has 0 aliphatic carbocycles. The maximum Gasteiger partial charge on any atom is 0.167 e. The summed E-state index contributed by atoms with van der Waals surface area (Å²) in [6, 6.07) is 0. The fourth-order valence-electron chi connectivity index (χ4n) is 3.19. The van der Waals surface area contributed by atoms with Crippen LogP contribution in [-0.2, 0) is 4.74 Å². The van der Waals surface area contributed by atoms with Gasteiger partial charge in [-0.1, -0.05) is 0 Å². The summed E-state index contributed by atoms with van der Waals surface area (Å²) in [5.74, 6) is 0.841. The Morgan fingerprint density at radius 3 is 2.80 bits per heavy atom. The molecule has 25 heavy (non-hydrogen) atoms. The third-order valence-electron chi connectivity index (χ3n) is 4.51. The zero-order chi connectivity index (χ0) is 18.1. The van der Waals surface area contributed by atoms with Crippen molar-refractivity contribution in [1.82, 2.24) is 24.4 Å². The Labute approximate surface area is 145 Å². The van der Waals surface area contributed by atoms with Crippen LogP contribution in [-0.4, -0.2) is 79.6 Å². The largest absolute Gasteiger partial charge is 0.387 e. The Hall–Kier alpha value is -1.85. The summed E-state index contributed by atoms with van der Waals surface area (Å²) < 4.78 is 7.61. The molecule has 0 bridgehead atoms. The quantitative estimate of drug-likeness (QED) is 0.494. The summed E-state index contributed by atoms with van der Waals surface area (Å²) in [7, 11) is 1.93. The maximum atomic E-state index is 10.5. The molecule has 1 saturated heterocycles. The van der Waals surface area contributed by atoms with Gasteiger partial charge in [0.15, 0.2) is 23.2 Å². The van der Waals surface area contributed by atoms with Crippen LogP contribution in [0.15, 0.2) is 6.33 Å². The van der Waals surface area contributed by atoms with Gasteiger partial charge in [0, 0.05) is 6.54 Å². The van der Waals surface area contributed by atoms with Crippen molar-refractivity contribution >= 4 is 17.0 Å². The molecule has 6 N–H and O–H groups in total. The van der Waals surface area contributed by atoms with Gasteiger partial charge in [-0.15, -0.1) is 0 Å². The Kier molecular flexibility index (Phi) is 5.16. The lowest BCUT2D eigenvalue weighted by molar-refractivity contribution is -0.0431. The predicted octanol–water partition coefficient (Wildman–Crippen LogP) is -1.38. The number of nitrogen functional groups attached to an aromatic ring is 1. The van der Waals surface area contributed by atoms with Crippen LogP contribution in [0, 0.1) is 6.92 Å². The summed E-state index contributed by atoms with van der Waals surface area (Å²) in [6.45, 7) is 3.65. The van der Waals surface area contributed by atoms with Crippen LogP contribution >= 0.6 is 0 Å². The molecule has 2 unspecified atom stereocenters. The van der Waals surface area contributed by atoms with Gasteiger partial charge in [-0.2, -0.15) is 0 Å². The van der Waals surface area contributed by atoms with E-state index in [-0.39, 0.29) is 5.82 Å². The molecule has 1 fully saturated rings. The van der Waals surface area contributed by atoms with Crippen molar-refractivity contribution in [2.24, 2.45) is 5.73 Å². The smallest absolute Gasteiger partial charge is 0.167 e. The van der Waals surface area contributed by atoms with Gasteiger partial charge in [-0.3, -0.25) is 4.57 Å². The Morgan fingerprint density at radius 2 is 2.08 bits per heavy atom. The molecule has 138 valence electrons. The van der Waals surface area contributed by atoms with Crippen molar-refractivity contribution in [1.29, 1.82) is 0 Å². The third kappa shape index (κ3) is 3.31. The van der Waals surface area contributed by atoms with E-state index in [9.17, 15) is 10.2 Å². The van der Waals surface area contributed by atoms with Gasteiger partial charge in [-0.25, -0.2) is 15.0 Å². The van der Waals surface area contributed by atoms with Crippen LogP contribution < -0.4 is 11.5 Å². The lowest BCUT2D eigenvalue weighted by atomic mass is 10.1. The number of nitrogens with two attached hydrogens (primary N) is 2. The van der Waals surface area contributed by atoms with Gasteiger partial charge >= 0.3 is 0 Å². The summed E-state index contributed by atoms with van der Waals surface area (Å²) in [5, 5.41) is 20.9. The van der Waals surface area contributed by atoms with Crippen LogP contribution in [0.3, 0.4) is 0 Å². The monoisotopic (exact) mass is 351 g/mol. The summed E-state index contributed by atoms with van der Waals surface area (Å²) in [5.41, 5.74) is 12.3. The first-order valence-corrected chi connectivity index (χ1v) is 8.29. The number of hydrogen-bond donors (Lipinski definition) is 4. The molecule has 10 nitrogen and oxygen atoms in total. The highest BCUT2D eigenvalue weighted by Crippen LogP contribution is 2.33. The summed E-state index contributed by atoms with van der Waals surface area (Å²) in [6.07, 6.45) is -1.24. The Balaban J connectivity index is 1.84. The Bertz CT molecular complexity index is 737. The van der Waals surface area contributed by atoms with Crippen molar-refractivity contribution in [2.45, 2.75) is 37.9 Å². The molecular weight excluding hydrogens is 326 g/mol. The van der Waals surface area contributed by atoms with Gasteiger partial charge in [-0.05, 0) is 33.5 Å². The number of aliphatic hydroxyl groups excluding tert-OH is 2. The second-order valence-corrected chi connectivity index (χ2v) is 6.41. The molecule has 1 aliphatic rings. The second kappa shape index (κ2) is 7.18. The molecule has 0 aromatic carbocycles. The number of anilines is 1. The first-order valence-electron chi connectivity index (χ1n) is 8.29. The number of hydrogen-bond acceptors (Lipinski definition) is 9. The number of aliphatic hydroxyl groups is 2. The zero-order valence-corrected chi connectivity index (χ0v) is 14.4. The molecule has 3 heterocycles. The van der Waals surface area contributed by atoms with Gasteiger partial charge in [0.25, 0.3) is 0 Å². The normalized spacial score (nSPS) is 26.8. The van der Waals surface area contributed by atoms with E-state index in [0.29, 0.717) is 30.1 Å². The molecule has 3 rings (SSSR count). The third-order valence-corrected chi connectivity index (χ3v) is 4.51. The predicted molar refractivity (Wildman–Crippen MR) is 91.6 cm³/mol. The molecule has 0 radical (unpaired) electrons. The fraction of sp³-hybridized carbons (Fsp3) is 0.667. The summed E-state index contributed by atoms with van der Waals surface area (Å²) >= 11 is 0. The number of nitrogens with zero attached hydrogens (tertiary/aromatic N) is 5. The minimum atomic E-state index is -1.10. The zero-order valence-electron chi connectivity index (χ0n) is 14.4. The minimum absolute atomic E-state index is 0.262. The number of aryl methyl sites for hydroxylation is 1. The van der Waals surface area contributed by atoms with E-state index in [0.717, 1.165) is 13.0 Å². The van der Waals surface area contributed by atoms with Gasteiger partial charge in [0.1, 0.15) is 30.5 Å². The molecule has 4 atom stereocenters. The van der Waals surface area contributed by atoms with Crippen molar-refractivity contribution in [3.63, 3.8) is 0 Å². The molecule has 0 amide bonds. The molecule has 1 aliphatic heterocycles. The highest BCUT2D eigenvalue weighted by molar-refractivity contribution is 5.81. The highest BCUT2D eigenvalue weighted by Gasteiger charge is 2.45. The first-order chi connectivity index (χ1) is 11.9. The number of rotatable bonds is 6. The van der Waals surface area contributed by atoms with E-state index in [1.54, 1.807) is 11.5 Å². The number of fused-ring (bicyclic) bond motifs is 1. The topological polar surface area (TPSA) is 149 Å². The minimum Gasteiger partial charge on any atom is -0.387 e. The van der Waals surface area contributed by atoms with Crippen LogP contribution in [0.2, 0.25) is 0 Å². The van der Waals surface area contributed by atoms with Crippen LogP contribution in [0.4, 0.5) is 5.82 Å². The summed E-state index contributed by atoms with van der Waals surface area (Å²) in [4.78, 5) is 14.5. The van der Waals surface area contributed by atoms with Crippen molar-refractivity contribution in [3.8, 4) is 0 Å². The van der Waals surface area contributed by atoms with Crippen molar-refractivity contribution in [2.75, 3.05) is 32.4 Å². The maximum absolute atomic E-state index is 10.5. The van der Waals surface area contributed by atoms with Gasteiger partial charge in [0.2, 0.25) is 0 Å². The number of ether oxygens (including phenoxy) is 1. The van der Waals surface area contributed by atoms with Crippen LogP contribution in [0.25, 0.3) is 11.2 Å². The Morgan fingerprint density at radius 1 is 1.32 bits per heavy atom. The van der Waals surface area contributed by atoms with E-state index in [2.05, 4.69) is 15.0 Å². The standard InChI is InChI=1S/C15H25N7O3/c1-8-20-10-13(17)18-7-19-14(10)22(8)15-12(24)11(23)9(25-15)6-21(2)5-3-4-16/h7,9,11-12,15,23-24H,3-6,16H2,1-2H3,(H2,17,18,19)/t9-,11?,12?,15-/m1/s1. The van der Waals surface area contributed by atoms with E-state index >= 15 is 0 Å². The van der Waals surface area contributed by atoms with Gasteiger partial charge in [0.05, 0.1) is 0 Å². The first kappa shape index (κ1) is 18.0. The average Bonchev–Trinajstić information content (AvgIpc) is 3.05. The van der Waals surface area contributed by atoms with Crippen molar-refractivity contribution in [3.05, 3.63) is 12.2 Å². The molecule has 2 aromatic heterocycles. The lowest BCUT2D eigenvalue weighted by Gasteiger charge is -2.22.